The van der Waals surface area contributed by atoms with E-state index in [9.17, 15) is 4.79 Å². The lowest BCUT2D eigenvalue weighted by Gasteiger charge is -2.23. The number of amides is 1. The molecule has 0 aliphatic heterocycles. The molecule has 1 atom stereocenters. The fourth-order valence-electron chi connectivity index (χ4n) is 1.06. The molecule has 0 aromatic rings. The molecule has 0 heterocycles. The highest BCUT2D eigenvalue weighted by Gasteiger charge is 2.19. The van der Waals surface area contributed by atoms with E-state index in [1.165, 1.54) is 0 Å². The Kier molecular flexibility index (Phi) is 7.02. The fourth-order valence-corrected chi connectivity index (χ4v) is 1.27. The molecule has 4 heteroatoms. The fraction of sp³-hybridized carbons (Fsp3) is 0.909. The summed E-state index contributed by atoms with van der Waals surface area (Å²) in [5.74, 6) is -0.0226. The number of thioether (sulfide) groups is 1. The predicted octanol–water partition coefficient (Wildman–Crippen LogP) is 1.76. The lowest BCUT2D eigenvalue weighted by molar-refractivity contribution is -0.122. The van der Waals surface area contributed by atoms with Gasteiger partial charge in [-0.3, -0.25) is 4.79 Å². The molecule has 1 unspecified atom stereocenters. The topological polar surface area (TPSA) is 55.1 Å². The Morgan fingerprint density at radius 2 is 2.13 bits per heavy atom. The van der Waals surface area contributed by atoms with Crippen LogP contribution in [0.1, 0.15) is 40.0 Å². The van der Waals surface area contributed by atoms with E-state index >= 15 is 0 Å². The van der Waals surface area contributed by atoms with Crippen LogP contribution in [0.4, 0.5) is 0 Å². The molecule has 0 bridgehead atoms. The first kappa shape index (κ1) is 14.8. The Bertz CT molecular complexity index is 195. The number of hydrogen-bond donors (Lipinski definition) is 2. The summed E-state index contributed by atoms with van der Waals surface area (Å²) in [7, 11) is 0. The predicted molar refractivity (Wildman–Crippen MR) is 68.1 cm³/mol. The van der Waals surface area contributed by atoms with Crippen LogP contribution < -0.4 is 11.1 Å². The van der Waals surface area contributed by atoms with Crippen molar-refractivity contribution in [2.24, 2.45) is 5.73 Å². The number of nitrogens with two attached hydrogens (primary N) is 1. The van der Waals surface area contributed by atoms with Gasteiger partial charge in [-0.2, -0.15) is 11.8 Å². The molecule has 0 aromatic carbocycles. The van der Waals surface area contributed by atoms with Gasteiger partial charge in [0.05, 0.1) is 6.04 Å². The summed E-state index contributed by atoms with van der Waals surface area (Å²) in [6.45, 7) is 6.99. The van der Waals surface area contributed by atoms with Gasteiger partial charge < -0.3 is 11.1 Å². The third-order valence-corrected chi connectivity index (χ3v) is 3.70. The van der Waals surface area contributed by atoms with Crippen molar-refractivity contribution >= 4 is 17.7 Å². The van der Waals surface area contributed by atoms with Crippen LogP contribution in [-0.2, 0) is 4.79 Å². The monoisotopic (exact) mass is 232 g/mol. The van der Waals surface area contributed by atoms with Crippen LogP contribution in [0.2, 0.25) is 0 Å². The van der Waals surface area contributed by atoms with Gasteiger partial charge >= 0.3 is 0 Å². The van der Waals surface area contributed by atoms with Gasteiger partial charge in [0.15, 0.2) is 0 Å². The molecule has 0 spiro atoms. The average Bonchev–Trinajstić information content (AvgIpc) is 2.22. The zero-order valence-corrected chi connectivity index (χ0v) is 11.1. The first-order chi connectivity index (χ1) is 6.93. The van der Waals surface area contributed by atoms with Gasteiger partial charge in [-0.15, -0.1) is 0 Å². The highest BCUT2D eigenvalue weighted by Crippen LogP contribution is 2.19. The maximum Gasteiger partial charge on any atom is 0.236 e. The second-order valence-corrected chi connectivity index (χ2v) is 5.94. The maximum absolute atomic E-state index is 11.6. The largest absolute Gasteiger partial charge is 0.353 e. The van der Waals surface area contributed by atoms with Gasteiger partial charge in [0, 0.05) is 11.3 Å². The SMILES string of the molecule is CCCCC(N)C(=O)NCC(C)(C)SC. The second kappa shape index (κ2) is 7.12. The Morgan fingerprint density at radius 1 is 1.53 bits per heavy atom. The van der Waals surface area contributed by atoms with Gasteiger partial charge in [-0.1, -0.05) is 19.8 Å². The van der Waals surface area contributed by atoms with E-state index < -0.39 is 0 Å². The summed E-state index contributed by atoms with van der Waals surface area (Å²) in [6.07, 6.45) is 4.92. The summed E-state index contributed by atoms with van der Waals surface area (Å²) in [6, 6.07) is -0.345. The van der Waals surface area contributed by atoms with Crippen LogP contribution in [0, 0.1) is 0 Å². The van der Waals surface area contributed by atoms with Crippen LogP contribution in [0.15, 0.2) is 0 Å². The smallest absolute Gasteiger partial charge is 0.236 e. The first-order valence-corrected chi connectivity index (χ1v) is 6.74. The van der Waals surface area contributed by atoms with Crippen LogP contribution in [-0.4, -0.2) is 29.5 Å². The molecule has 0 radical (unpaired) electrons. The minimum Gasteiger partial charge on any atom is -0.353 e. The van der Waals surface area contributed by atoms with E-state index in [-0.39, 0.29) is 16.7 Å². The highest BCUT2D eigenvalue weighted by atomic mass is 32.2. The van der Waals surface area contributed by atoms with Crippen LogP contribution in [0.3, 0.4) is 0 Å². The quantitative estimate of drug-likeness (QED) is 0.703. The Balaban J connectivity index is 3.82. The van der Waals surface area contributed by atoms with Crippen molar-refractivity contribution in [1.29, 1.82) is 0 Å². The molecule has 0 saturated heterocycles. The minimum atomic E-state index is -0.345. The van der Waals surface area contributed by atoms with Crippen molar-refractivity contribution in [1.82, 2.24) is 5.32 Å². The van der Waals surface area contributed by atoms with Crippen LogP contribution in [0.5, 0.6) is 0 Å². The van der Waals surface area contributed by atoms with Gasteiger partial charge in [0.2, 0.25) is 5.91 Å². The van der Waals surface area contributed by atoms with Crippen molar-refractivity contribution in [3.8, 4) is 0 Å². The molecule has 0 rings (SSSR count). The molecule has 0 saturated carbocycles. The van der Waals surface area contributed by atoms with E-state index in [2.05, 4.69) is 26.1 Å². The number of carbonyl (C=O) groups is 1. The average molecular weight is 232 g/mol. The lowest BCUT2D eigenvalue weighted by atomic mass is 10.1. The number of hydrogen-bond acceptors (Lipinski definition) is 3. The molecular formula is C11H24N2OS. The Labute approximate surface area is 97.6 Å². The molecule has 0 aliphatic rings. The molecule has 90 valence electrons. The Hall–Kier alpha value is -0.220. The van der Waals surface area contributed by atoms with E-state index in [1.807, 2.05) is 6.26 Å². The zero-order chi connectivity index (χ0) is 11.9. The summed E-state index contributed by atoms with van der Waals surface area (Å²) < 4.78 is 0.0835. The summed E-state index contributed by atoms with van der Waals surface area (Å²) in [5.41, 5.74) is 5.76. The van der Waals surface area contributed by atoms with Crippen molar-refractivity contribution < 1.29 is 4.79 Å². The summed E-state index contributed by atoms with van der Waals surface area (Å²) in [5, 5.41) is 2.90. The van der Waals surface area contributed by atoms with Crippen molar-refractivity contribution in [3.05, 3.63) is 0 Å². The van der Waals surface area contributed by atoms with Crippen LogP contribution >= 0.6 is 11.8 Å². The normalized spacial score (nSPS) is 13.7. The number of unbranched alkanes of at least 4 members (excludes halogenated alkanes) is 1. The van der Waals surface area contributed by atoms with Gasteiger partial charge in [0.25, 0.3) is 0 Å². The molecule has 0 aliphatic carbocycles. The highest BCUT2D eigenvalue weighted by molar-refractivity contribution is 7.99. The number of carbonyl (C=O) groups excluding carboxylic acids is 1. The van der Waals surface area contributed by atoms with Gasteiger partial charge in [0.1, 0.15) is 0 Å². The summed E-state index contributed by atoms with van der Waals surface area (Å²) in [4.78, 5) is 11.6. The first-order valence-electron chi connectivity index (χ1n) is 5.51. The van der Waals surface area contributed by atoms with Crippen molar-refractivity contribution in [2.75, 3.05) is 12.8 Å². The van der Waals surface area contributed by atoms with Crippen molar-refractivity contribution in [3.63, 3.8) is 0 Å². The molecule has 0 aromatic heterocycles. The van der Waals surface area contributed by atoms with Gasteiger partial charge in [-0.25, -0.2) is 0 Å². The molecular weight excluding hydrogens is 208 g/mol. The molecule has 3 N–H and O–H groups in total. The van der Waals surface area contributed by atoms with Gasteiger partial charge in [-0.05, 0) is 26.5 Å². The molecule has 1 amide bonds. The van der Waals surface area contributed by atoms with Crippen LogP contribution in [0.25, 0.3) is 0 Å². The number of nitrogens with one attached hydrogen (secondary N) is 1. The number of rotatable bonds is 7. The molecule has 3 nitrogen and oxygen atoms in total. The minimum absolute atomic E-state index is 0.0226. The zero-order valence-electron chi connectivity index (χ0n) is 10.3. The van der Waals surface area contributed by atoms with E-state index in [0.29, 0.717) is 6.54 Å². The summed E-state index contributed by atoms with van der Waals surface area (Å²) >= 11 is 1.74. The Morgan fingerprint density at radius 3 is 2.60 bits per heavy atom. The molecule has 15 heavy (non-hydrogen) atoms. The third kappa shape index (κ3) is 6.79. The maximum atomic E-state index is 11.6. The van der Waals surface area contributed by atoms with E-state index in [1.54, 1.807) is 11.8 Å². The third-order valence-electron chi connectivity index (χ3n) is 2.45. The molecule has 0 fully saturated rings. The van der Waals surface area contributed by atoms with E-state index in [0.717, 1.165) is 19.3 Å². The van der Waals surface area contributed by atoms with E-state index in [4.69, 9.17) is 5.73 Å². The second-order valence-electron chi connectivity index (χ2n) is 4.43. The van der Waals surface area contributed by atoms with Crippen molar-refractivity contribution in [2.45, 2.75) is 50.8 Å². The standard InChI is InChI=1S/C11H24N2OS/c1-5-6-7-9(12)10(14)13-8-11(2,3)15-4/h9H,5-8,12H2,1-4H3,(H,13,14). The lowest BCUT2D eigenvalue weighted by Crippen LogP contribution is -2.45.